The number of ether oxygens (including phenoxy) is 2. The van der Waals surface area contributed by atoms with E-state index in [2.05, 4.69) is 4.98 Å². The molecular weight excluding hydrogens is 314 g/mol. The van der Waals surface area contributed by atoms with Gasteiger partial charge in [-0.25, -0.2) is 9.78 Å². The zero-order valence-corrected chi connectivity index (χ0v) is 13.3. The molecule has 1 aromatic carbocycles. The third-order valence-corrected chi connectivity index (χ3v) is 3.99. The van der Waals surface area contributed by atoms with E-state index in [0.29, 0.717) is 23.8 Å². The largest absolute Gasteiger partial charge is 0.455 e. The number of esters is 1. The summed E-state index contributed by atoms with van der Waals surface area (Å²) >= 11 is 1.54. The Labute approximate surface area is 137 Å². The minimum Gasteiger partial charge on any atom is -0.455 e. The summed E-state index contributed by atoms with van der Waals surface area (Å²) in [7, 11) is 1.63. The number of rotatable bonds is 6. The van der Waals surface area contributed by atoms with Crippen LogP contribution in [0.15, 0.2) is 52.5 Å². The van der Waals surface area contributed by atoms with E-state index in [1.165, 1.54) is 6.26 Å². The Morgan fingerprint density at radius 2 is 2.04 bits per heavy atom. The number of oxazole rings is 1. The third-order valence-electron chi connectivity index (χ3n) is 3.14. The van der Waals surface area contributed by atoms with Gasteiger partial charge in [0.25, 0.3) is 0 Å². The molecule has 0 spiro atoms. The fraction of sp³-hybridized carbons (Fsp3) is 0.176. The zero-order valence-electron chi connectivity index (χ0n) is 12.5. The van der Waals surface area contributed by atoms with Crippen LogP contribution in [0.4, 0.5) is 0 Å². The van der Waals surface area contributed by atoms with Crippen molar-refractivity contribution in [3.8, 4) is 10.8 Å². The maximum atomic E-state index is 12.0. The summed E-state index contributed by atoms with van der Waals surface area (Å²) in [6.45, 7) is 0.591. The van der Waals surface area contributed by atoms with E-state index in [9.17, 15) is 4.79 Å². The molecule has 0 aliphatic heterocycles. The zero-order chi connectivity index (χ0) is 16.1. The number of carbonyl (C=O) groups excluding carboxylic acids is 1. The van der Waals surface area contributed by atoms with E-state index in [1.54, 1.807) is 30.6 Å². The predicted molar refractivity (Wildman–Crippen MR) is 86.1 cm³/mol. The van der Waals surface area contributed by atoms with Gasteiger partial charge in [0.1, 0.15) is 18.6 Å². The monoisotopic (exact) mass is 329 g/mol. The molecule has 23 heavy (non-hydrogen) atoms. The average molecular weight is 329 g/mol. The molecule has 3 aromatic rings. The van der Waals surface area contributed by atoms with Crippen LogP contribution in [0.5, 0.6) is 0 Å². The van der Waals surface area contributed by atoms with Crippen molar-refractivity contribution in [2.24, 2.45) is 0 Å². The fourth-order valence-electron chi connectivity index (χ4n) is 2.01. The summed E-state index contributed by atoms with van der Waals surface area (Å²) in [5.74, 6) is 0.143. The lowest BCUT2D eigenvalue weighted by Crippen LogP contribution is -2.05. The highest BCUT2D eigenvalue weighted by molar-refractivity contribution is 7.13. The Hall–Kier alpha value is -2.44. The molecule has 3 rings (SSSR count). The van der Waals surface area contributed by atoms with Crippen LogP contribution in [0.3, 0.4) is 0 Å². The summed E-state index contributed by atoms with van der Waals surface area (Å²) in [6.07, 6.45) is 1.50. The van der Waals surface area contributed by atoms with Gasteiger partial charge in [-0.15, -0.1) is 11.3 Å². The van der Waals surface area contributed by atoms with Crippen molar-refractivity contribution in [1.82, 2.24) is 4.98 Å². The van der Waals surface area contributed by atoms with Crippen molar-refractivity contribution in [3.05, 3.63) is 64.9 Å². The van der Waals surface area contributed by atoms with Crippen molar-refractivity contribution < 1.29 is 18.7 Å². The Balaban J connectivity index is 1.58. The lowest BCUT2D eigenvalue weighted by molar-refractivity contribution is 0.0467. The standard InChI is InChI=1S/C17H15NO4S/c1-20-9-12-4-6-13(7-5-12)17(19)22-11-14-10-21-16(18-14)15-3-2-8-23-15/h2-8,10H,9,11H2,1H3. The normalized spacial score (nSPS) is 10.7. The highest BCUT2D eigenvalue weighted by Crippen LogP contribution is 2.23. The van der Waals surface area contributed by atoms with Crippen LogP contribution in [-0.2, 0) is 22.7 Å². The average Bonchev–Trinajstić information content (AvgIpc) is 3.25. The number of aromatic nitrogens is 1. The molecule has 0 unspecified atom stereocenters. The van der Waals surface area contributed by atoms with Gasteiger partial charge in [0.2, 0.25) is 5.89 Å². The molecule has 6 heteroatoms. The number of methoxy groups -OCH3 is 1. The first-order chi connectivity index (χ1) is 11.3. The molecule has 0 saturated carbocycles. The van der Waals surface area contributed by atoms with Gasteiger partial charge in [0.15, 0.2) is 0 Å². The second kappa shape index (κ2) is 7.21. The quantitative estimate of drug-likeness (QED) is 0.642. The second-order valence-corrected chi connectivity index (χ2v) is 5.78. The van der Waals surface area contributed by atoms with E-state index < -0.39 is 5.97 Å². The van der Waals surface area contributed by atoms with E-state index >= 15 is 0 Å². The number of benzene rings is 1. The van der Waals surface area contributed by atoms with Gasteiger partial charge < -0.3 is 13.9 Å². The number of nitrogens with zero attached hydrogens (tertiary/aromatic N) is 1. The third kappa shape index (κ3) is 3.85. The van der Waals surface area contributed by atoms with Gasteiger partial charge in [-0.05, 0) is 29.1 Å². The number of hydrogen-bond donors (Lipinski definition) is 0. The summed E-state index contributed by atoms with van der Waals surface area (Å²) < 4.78 is 15.7. The van der Waals surface area contributed by atoms with E-state index in [-0.39, 0.29) is 6.61 Å². The van der Waals surface area contributed by atoms with Crippen molar-refractivity contribution in [1.29, 1.82) is 0 Å². The van der Waals surface area contributed by atoms with Gasteiger partial charge in [0.05, 0.1) is 17.0 Å². The lowest BCUT2D eigenvalue weighted by atomic mass is 10.1. The highest BCUT2D eigenvalue weighted by Gasteiger charge is 2.11. The maximum Gasteiger partial charge on any atom is 0.338 e. The Morgan fingerprint density at radius 1 is 1.22 bits per heavy atom. The Kier molecular flexibility index (Phi) is 4.85. The van der Waals surface area contributed by atoms with Crippen molar-refractivity contribution in [2.75, 3.05) is 7.11 Å². The molecule has 0 bridgehead atoms. The highest BCUT2D eigenvalue weighted by atomic mass is 32.1. The Morgan fingerprint density at radius 3 is 2.74 bits per heavy atom. The summed E-state index contributed by atoms with van der Waals surface area (Å²) in [5.41, 5.74) is 2.07. The van der Waals surface area contributed by atoms with Crippen molar-refractivity contribution >= 4 is 17.3 Å². The van der Waals surface area contributed by atoms with Crippen LogP contribution in [0, 0.1) is 0 Å². The van der Waals surface area contributed by atoms with Crippen LogP contribution < -0.4 is 0 Å². The summed E-state index contributed by atoms with van der Waals surface area (Å²) in [6, 6.07) is 11.0. The maximum absolute atomic E-state index is 12.0. The molecule has 0 radical (unpaired) electrons. The van der Waals surface area contributed by atoms with Crippen molar-refractivity contribution in [3.63, 3.8) is 0 Å². The van der Waals surface area contributed by atoms with Gasteiger partial charge in [-0.2, -0.15) is 0 Å². The smallest absolute Gasteiger partial charge is 0.338 e. The van der Waals surface area contributed by atoms with Crippen LogP contribution in [0.2, 0.25) is 0 Å². The number of hydrogen-bond acceptors (Lipinski definition) is 6. The van der Waals surface area contributed by atoms with Gasteiger partial charge in [-0.3, -0.25) is 0 Å². The van der Waals surface area contributed by atoms with Gasteiger partial charge in [0, 0.05) is 7.11 Å². The molecule has 5 nitrogen and oxygen atoms in total. The lowest BCUT2D eigenvalue weighted by Gasteiger charge is -2.04. The minimum absolute atomic E-state index is 0.0769. The molecule has 0 aliphatic rings. The Bertz CT molecular complexity index is 762. The molecule has 2 aromatic heterocycles. The summed E-state index contributed by atoms with van der Waals surface area (Å²) in [4.78, 5) is 17.3. The van der Waals surface area contributed by atoms with Gasteiger partial charge >= 0.3 is 5.97 Å². The first-order valence-corrected chi connectivity index (χ1v) is 7.87. The molecule has 0 atom stereocenters. The molecule has 0 saturated heterocycles. The molecular formula is C17H15NO4S. The van der Waals surface area contributed by atoms with E-state index in [1.807, 2.05) is 29.6 Å². The molecule has 2 heterocycles. The molecule has 118 valence electrons. The SMILES string of the molecule is COCc1ccc(C(=O)OCc2coc(-c3cccs3)n2)cc1. The van der Waals surface area contributed by atoms with Crippen LogP contribution in [-0.4, -0.2) is 18.1 Å². The van der Waals surface area contributed by atoms with Crippen LogP contribution in [0.25, 0.3) is 10.8 Å². The van der Waals surface area contributed by atoms with E-state index in [4.69, 9.17) is 13.9 Å². The molecule has 0 amide bonds. The predicted octanol–water partition coefficient (Wildman–Crippen LogP) is 3.91. The second-order valence-electron chi connectivity index (χ2n) is 4.83. The summed E-state index contributed by atoms with van der Waals surface area (Å²) in [5, 5.41) is 1.95. The van der Waals surface area contributed by atoms with E-state index in [0.717, 1.165) is 10.4 Å². The minimum atomic E-state index is -0.394. The molecule has 0 N–H and O–H groups in total. The topological polar surface area (TPSA) is 61.6 Å². The molecule has 0 aliphatic carbocycles. The fourth-order valence-corrected chi connectivity index (χ4v) is 2.67. The van der Waals surface area contributed by atoms with Crippen LogP contribution in [0.1, 0.15) is 21.6 Å². The number of carbonyl (C=O) groups is 1. The van der Waals surface area contributed by atoms with Crippen molar-refractivity contribution in [2.45, 2.75) is 13.2 Å². The van der Waals surface area contributed by atoms with Crippen LogP contribution >= 0.6 is 11.3 Å². The first kappa shape index (κ1) is 15.5. The molecule has 0 fully saturated rings. The van der Waals surface area contributed by atoms with Gasteiger partial charge in [-0.1, -0.05) is 18.2 Å². The number of thiophene rings is 1. The first-order valence-electron chi connectivity index (χ1n) is 6.99.